The van der Waals surface area contributed by atoms with E-state index in [-0.39, 0.29) is 5.91 Å². The van der Waals surface area contributed by atoms with E-state index in [9.17, 15) is 4.79 Å². The van der Waals surface area contributed by atoms with Crippen LogP contribution in [0.3, 0.4) is 0 Å². The van der Waals surface area contributed by atoms with E-state index in [1.54, 1.807) is 11.8 Å². The Morgan fingerprint density at radius 1 is 1.61 bits per heavy atom. The van der Waals surface area contributed by atoms with Crippen LogP contribution in [0.4, 0.5) is 10.9 Å². The Morgan fingerprint density at radius 2 is 2.33 bits per heavy atom. The molecule has 4 N–H and O–H groups in total. The van der Waals surface area contributed by atoms with Crippen molar-refractivity contribution < 1.29 is 4.79 Å². The second kappa shape index (κ2) is 7.48. The average Bonchev–Trinajstić information content (AvgIpc) is 2.68. The van der Waals surface area contributed by atoms with E-state index >= 15 is 0 Å². The number of carbonyl (C=O) groups is 1. The van der Waals surface area contributed by atoms with Crippen LogP contribution < -0.4 is 16.4 Å². The first-order chi connectivity index (χ1) is 8.58. The van der Waals surface area contributed by atoms with Gasteiger partial charge in [0.15, 0.2) is 5.13 Å². The lowest BCUT2D eigenvalue weighted by molar-refractivity contribution is 0.0954. The molecule has 1 aromatic heterocycles. The van der Waals surface area contributed by atoms with Gasteiger partial charge in [0, 0.05) is 13.1 Å². The Bertz CT molecular complexity index is 394. The Hall–Kier alpha value is -0.950. The molecule has 0 saturated carbocycles. The number of carbonyl (C=O) groups excluding carboxylic acids is 1. The third-order valence-corrected chi connectivity index (χ3v) is 4.18. The number of anilines is 2. The Morgan fingerprint density at radius 3 is 2.94 bits per heavy atom. The number of thioether (sulfide) groups is 1. The number of rotatable bonds is 7. The van der Waals surface area contributed by atoms with Gasteiger partial charge in [0.05, 0.1) is 0 Å². The SMILES string of the molecule is CCNc1nc(N)c(C(=O)NCC(C)CSC)s1. The van der Waals surface area contributed by atoms with Crippen molar-refractivity contribution in [3.8, 4) is 0 Å². The predicted molar refractivity (Wildman–Crippen MR) is 80.6 cm³/mol. The van der Waals surface area contributed by atoms with Gasteiger partial charge in [-0.2, -0.15) is 11.8 Å². The number of nitrogens with zero attached hydrogens (tertiary/aromatic N) is 1. The van der Waals surface area contributed by atoms with Crippen LogP contribution in [-0.2, 0) is 0 Å². The van der Waals surface area contributed by atoms with Crippen LogP contribution in [0.2, 0.25) is 0 Å². The van der Waals surface area contributed by atoms with Gasteiger partial charge in [-0.3, -0.25) is 4.79 Å². The van der Waals surface area contributed by atoms with E-state index in [1.807, 2.05) is 6.92 Å². The zero-order valence-corrected chi connectivity index (χ0v) is 12.6. The Balaban J connectivity index is 2.55. The molecule has 102 valence electrons. The van der Waals surface area contributed by atoms with Crippen molar-refractivity contribution in [3.05, 3.63) is 4.88 Å². The molecule has 1 aromatic rings. The van der Waals surface area contributed by atoms with E-state index < -0.39 is 0 Å². The summed E-state index contributed by atoms with van der Waals surface area (Å²) in [5.41, 5.74) is 5.73. The summed E-state index contributed by atoms with van der Waals surface area (Å²) in [4.78, 5) is 16.5. The second-order valence-corrected chi connectivity index (χ2v) is 5.94. The molecule has 5 nitrogen and oxygen atoms in total. The van der Waals surface area contributed by atoms with Gasteiger partial charge in [-0.25, -0.2) is 4.98 Å². The highest BCUT2D eigenvalue weighted by molar-refractivity contribution is 7.98. The molecule has 0 aliphatic heterocycles. The summed E-state index contributed by atoms with van der Waals surface area (Å²) in [6.07, 6.45) is 2.06. The molecule has 0 spiro atoms. The Kier molecular flexibility index (Phi) is 6.28. The fraction of sp³-hybridized carbons (Fsp3) is 0.636. The number of nitrogen functional groups attached to an aromatic ring is 1. The van der Waals surface area contributed by atoms with Crippen molar-refractivity contribution in [3.63, 3.8) is 0 Å². The van der Waals surface area contributed by atoms with E-state index in [1.165, 1.54) is 11.3 Å². The quantitative estimate of drug-likeness (QED) is 0.714. The molecule has 0 aliphatic carbocycles. The van der Waals surface area contributed by atoms with Crippen LogP contribution >= 0.6 is 23.1 Å². The largest absolute Gasteiger partial charge is 0.382 e. The number of amides is 1. The normalized spacial score (nSPS) is 12.2. The number of thiazole rings is 1. The number of nitrogens with two attached hydrogens (primary N) is 1. The molecule has 18 heavy (non-hydrogen) atoms. The summed E-state index contributed by atoms with van der Waals surface area (Å²) in [5.74, 6) is 1.64. The van der Waals surface area contributed by atoms with Crippen molar-refractivity contribution in [2.75, 3.05) is 36.1 Å². The van der Waals surface area contributed by atoms with Gasteiger partial charge in [-0.15, -0.1) is 0 Å². The van der Waals surface area contributed by atoms with Crippen molar-refractivity contribution in [1.29, 1.82) is 0 Å². The molecule has 0 radical (unpaired) electrons. The highest BCUT2D eigenvalue weighted by atomic mass is 32.2. The monoisotopic (exact) mass is 288 g/mol. The summed E-state index contributed by atoms with van der Waals surface area (Å²) in [6, 6.07) is 0. The van der Waals surface area contributed by atoms with Crippen LogP contribution in [0.5, 0.6) is 0 Å². The van der Waals surface area contributed by atoms with E-state index in [0.717, 1.165) is 12.3 Å². The molecule has 1 heterocycles. The highest BCUT2D eigenvalue weighted by Crippen LogP contribution is 2.24. The molecule has 0 bridgehead atoms. The highest BCUT2D eigenvalue weighted by Gasteiger charge is 2.16. The molecule has 7 heteroatoms. The van der Waals surface area contributed by atoms with Gasteiger partial charge in [-0.05, 0) is 24.9 Å². The van der Waals surface area contributed by atoms with Crippen molar-refractivity contribution in [2.24, 2.45) is 5.92 Å². The maximum atomic E-state index is 11.9. The lowest BCUT2D eigenvalue weighted by Crippen LogP contribution is -2.29. The minimum atomic E-state index is -0.137. The molecule has 0 saturated heterocycles. The second-order valence-electron chi connectivity index (χ2n) is 4.03. The number of nitrogens with one attached hydrogen (secondary N) is 2. The zero-order chi connectivity index (χ0) is 13.5. The first-order valence-corrected chi connectivity index (χ1v) is 8.06. The number of hydrogen-bond acceptors (Lipinski definition) is 6. The van der Waals surface area contributed by atoms with E-state index in [2.05, 4.69) is 28.8 Å². The zero-order valence-electron chi connectivity index (χ0n) is 10.9. The lowest BCUT2D eigenvalue weighted by atomic mass is 10.2. The maximum Gasteiger partial charge on any atom is 0.265 e. The van der Waals surface area contributed by atoms with Crippen LogP contribution in [-0.4, -0.2) is 36.0 Å². The molecule has 0 fully saturated rings. The summed E-state index contributed by atoms with van der Waals surface area (Å²) in [6.45, 7) is 5.50. The van der Waals surface area contributed by atoms with E-state index in [4.69, 9.17) is 5.73 Å². The van der Waals surface area contributed by atoms with Crippen molar-refractivity contribution in [1.82, 2.24) is 10.3 Å². The fourth-order valence-corrected chi connectivity index (χ4v) is 2.97. The smallest absolute Gasteiger partial charge is 0.265 e. The standard InChI is InChI=1S/C11H20N4OS2/c1-4-13-11-15-9(12)8(18-11)10(16)14-5-7(2)6-17-3/h7H,4-6,12H2,1-3H3,(H,13,15)(H,14,16). The molecule has 1 unspecified atom stereocenters. The molecule has 1 amide bonds. The van der Waals surface area contributed by atoms with Crippen LogP contribution in [0, 0.1) is 5.92 Å². The fourth-order valence-electron chi connectivity index (χ4n) is 1.41. The van der Waals surface area contributed by atoms with Crippen LogP contribution in [0.15, 0.2) is 0 Å². The average molecular weight is 288 g/mol. The summed E-state index contributed by atoms with van der Waals surface area (Å²) < 4.78 is 0. The molecule has 0 aromatic carbocycles. The first kappa shape index (κ1) is 15.1. The molecular weight excluding hydrogens is 268 g/mol. The molecule has 1 atom stereocenters. The van der Waals surface area contributed by atoms with Crippen molar-refractivity contribution in [2.45, 2.75) is 13.8 Å². The van der Waals surface area contributed by atoms with Gasteiger partial charge in [0.25, 0.3) is 5.91 Å². The van der Waals surface area contributed by atoms with Gasteiger partial charge in [0.1, 0.15) is 10.7 Å². The predicted octanol–water partition coefficient (Wildman–Crippen LogP) is 1.89. The first-order valence-electron chi connectivity index (χ1n) is 5.85. The summed E-state index contributed by atoms with van der Waals surface area (Å²) in [7, 11) is 0. The van der Waals surface area contributed by atoms with E-state index in [0.29, 0.717) is 28.3 Å². The van der Waals surface area contributed by atoms with Crippen molar-refractivity contribution >= 4 is 40.0 Å². The number of hydrogen-bond donors (Lipinski definition) is 3. The Labute approximate surface area is 116 Å². The van der Waals surface area contributed by atoms with Gasteiger partial charge >= 0.3 is 0 Å². The third kappa shape index (κ3) is 4.38. The van der Waals surface area contributed by atoms with Gasteiger partial charge in [-0.1, -0.05) is 18.3 Å². The molecular formula is C11H20N4OS2. The minimum Gasteiger partial charge on any atom is -0.382 e. The topological polar surface area (TPSA) is 80.0 Å². The summed E-state index contributed by atoms with van der Waals surface area (Å²) in [5, 5.41) is 6.63. The third-order valence-electron chi connectivity index (χ3n) is 2.25. The number of aromatic nitrogens is 1. The minimum absolute atomic E-state index is 0.137. The summed E-state index contributed by atoms with van der Waals surface area (Å²) >= 11 is 3.07. The van der Waals surface area contributed by atoms with Crippen LogP contribution in [0.25, 0.3) is 0 Å². The lowest BCUT2D eigenvalue weighted by Gasteiger charge is -2.10. The van der Waals surface area contributed by atoms with Gasteiger partial charge in [0.2, 0.25) is 0 Å². The van der Waals surface area contributed by atoms with Gasteiger partial charge < -0.3 is 16.4 Å². The van der Waals surface area contributed by atoms with Crippen LogP contribution in [0.1, 0.15) is 23.5 Å². The molecule has 1 rings (SSSR count). The maximum absolute atomic E-state index is 11.9. The molecule has 0 aliphatic rings.